The Labute approximate surface area is 166 Å². The topological polar surface area (TPSA) is 65.6 Å². The van der Waals surface area contributed by atoms with Crippen molar-refractivity contribution in [3.05, 3.63) is 77.9 Å². The van der Waals surface area contributed by atoms with Crippen LogP contribution in [0.4, 0.5) is 10.1 Å². The predicted octanol–water partition coefficient (Wildman–Crippen LogP) is 4.69. The molecule has 1 amide bonds. The lowest BCUT2D eigenvalue weighted by Gasteiger charge is -2.13. The van der Waals surface area contributed by atoms with Crippen molar-refractivity contribution >= 4 is 22.7 Å². The minimum absolute atomic E-state index is 0.199. The summed E-state index contributed by atoms with van der Waals surface area (Å²) in [5.41, 5.74) is 2.65. The second-order valence-corrected chi connectivity index (χ2v) is 6.40. The Morgan fingerprint density at radius 2 is 1.86 bits per heavy atom. The first-order valence-electron chi connectivity index (χ1n) is 8.94. The molecule has 4 aromatic rings. The highest BCUT2D eigenvalue weighted by Gasteiger charge is 2.19. The Morgan fingerprint density at radius 3 is 2.62 bits per heavy atom. The van der Waals surface area contributed by atoms with E-state index in [1.165, 1.54) is 13.2 Å². The second kappa shape index (κ2) is 7.71. The van der Waals surface area contributed by atoms with Gasteiger partial charge < -0.3 is 23.8 Å². The lowest BCUT2D eigenvalue weighted by Crippen LogP contribution is -2.18. The molecule has 2 aromatic heterocycles. The van der Waals surface area contributed by atoms with Crippen molar-refractivity contribution in [3.63, 3.8) is 0 Å². The molecule has 148 valence electrons. The van der Waals surface area contributed by atoms with Gasteiger partial charge in [-0.25, -0.2) is 4.39 Å². The molecule has 7 heteroatoms. The summed E-state index contributed by atoms with van der Waals surface area (Å²) >= 11 is 0. The molecular weight excluding hydrogens is 375 g/mol. The van der Waals surface area contributed by atoms with Crippen LogP contribution in [0.2, 0.25) is 0 Å². The lowest BCUT2D eigenvalue weighted by molar-refractivity contribution is 0.101. The zero-order valence-corrected chi connectivity index (χ0v) is 15.9. The third kappa shape index (κ3) is 3.54. The first-order valence-corrected chi connectivity index (χ1v) is 8.94. The molecule has 0 aliphatic carbocycles. The number of furan rings is 1. The number of benzene rings is 2. The monoisotopic (exact) mass is 394 g/mol. The van der Waals surface area contributed by atoms with Gasteiger partial charge in [0, 0.05) is 29.4 Å². The molecule has 0 unspecified atom stereocenters. The van der Waals surface area contributed by atoms with E-state index in [0.717, 1.165) is 0 Å². The number of anilines is 1. The molecule has 6 nitrogen and oxygen atoms in total. The van der Waals surface area contributed by atoms with Crippen LogP contribution in [0.5, 0.6) is 11.5 Å². The number of fused-ring (bicyclic) bond motifs is 1. The van der Waals surface area contributed by atoms with Gasteiger partial charge in [0.05, 0.1) is 32.5 Å². The fourth-order valence-electron chi connectivity index (χ4n) is 3.24. The minimum Gasteiger partial charge on any atom is -0.493 e. The van der Waals surface area contributed by atoms with E-state index in [9.17, 15) is 9.18 Å². The van der Waals surface area contributed by atoms with E-state index >= 15 is 0 Å². The number of amides is 1. The zero-order valence-electron chi connectivity index (χ0n) is 15.9. The van der Waals surface area contributed by atoms with E-state index in [4.69, 9.17) is 13.9 Å². The summed E-state index contributed by atoms with van der Waals surface area (Å²) in [6, 6.07) is 15.0. The highest BCUT2D eigenvalue weighted by molar-refractivity contribution is 6.06. The zero-order chi connectivity index (χ0) is 20.4. The first-order chi connectivity index (χ1) is 14.1. The molecule has 0 radical (unpaired) electrons. The number of methoxy groups -OCH3 is 2. The molecule has 2 aromatic carbocycles. The summed E-state index contributed by atoms with van der Waals surface area (Å²) in [5.74, 6) is 0.385. The third-order valence-corrected chi connectivity index (χ3v) is 4.68. The van der Waals surface area contributed by atoms with Gasteiger partial charge in [-0.2, -0.15) is 0 Å². The molecule has 0 atom stereocenters. The Hall–Kier alpha value is -3.74. The van der Waals surface area contributed by atoms with Crippen LogP contribution in [0.1, 0.15) is 16.1 Å². The van der Waals surface area contributed by atoms with E-state index < -0.39 is 0 Å². The molecule has 0 aliphatic heterocycles. The Bertz CT molecular complexity index is 1180. The maximum atomic E-state index is 14.2. The standard InChI is InChI=1S/C22H19FN2O4/c1-27-19-8-7-15(11-21(19)28-2)24-22(26)18-12-20-17(9-10-29-20)25(18)13-14-5-3-4-6-16(14)23/h3-12H,13H2,1-2H3,(H,24,26). The summed E-state index contributed by atoms with van der Waals surface area (Å²) in [6.45, 7) is 0.199. The van der Waals surface area contributed by atoms with Crippen LogP contribution in [0.3, 0.4) is 0 Å². The number of ether oxygens (including phenoxy) is 2. The summed E-state index contributed by atoms with van der Waals surface area (Å²) in [7, 11) is 3.07. The van der Waals surface area contributed by atoms with E-state index in [1.807, 2.05) is 0 Å². The van der Waals surface area contributed by atoms with Gasteiger partial charge in [-0.05, 0) is 18.2 Å². The molecule has 0 spiro atoms. The molecule has 29 heavy (non-hydrogen) atoms. The van der Waals surface area contributed by atoms with E-state index in [0.29, 0.717) is 39.5 Å². The first kappa shape index (κ1) is 18.6. The number of nitrogens with one attached hydrogen (secondary N) is 1. The molecule has 1 N–H and O–H groups in total. The maximum Gasteiger partial charge on any atom is 0.272 e. The van der Waals surface area contributed by atoms with Gasteiger partial charge in [0.15, 0.2) is 17.1 Å². The summed E-state index contributed by atoms with van der Waals surface area (Å²) < 4.78 is 31.8. The number of rotatable bonds is 6. The number of aromatic nitrogens is 1. The Kier molecular flexibility index (Phi) is 4.95. The molecule has 0 saturated heterocycles. The van der Waals surface area contributed by atoms with Crippen molar-refractivity contribution in [1.29, 1.82) is 0 Å². The smallest absolute Gasteiger partial charge is 0.272 e. The van der Waals surface area contributed by atoms with Crippen LogP contribution in [-0.2, 0) is 6.54 Å². The van der Waals surface area contributed by atoms with Gasteiger partial charge in [0.25, 0.3) is 5.91 Å². The van der Waals surface area contributed by atoms with Gasteiger partial charge in [-0.3, -0.25) is 4.79 Å². The van der Waals surface area contributed by atoms with Crippen molar-refractivity contribution in [2.75, 3.05) is 19.5 Å². The predicted molar refractivity (Wildman–Crippen MR) is 107 cm³/mol. The normalized spacial score (nSPS) is 10.9. The van der Waals surface area contributed by atoms with Crippen LogP contribution in [-0.4, -0.2) is 24.7 Å². The van der Waals surface area contributed by atoms with E-state index in [-0.39, 0.29) is 18.3 Å². The molecule has 0 fully saturated rings. The van der Waals surface area contributed by atoms with Crippen LogP contribution >= 0.6 is 0 Å². The summed E-state index contributed by atoms with van der Waals surface area (Å²) in [5, 5.41) is 2.85. The minimum atomic E-state index is -0.347. The Morgan fingerprint density at radius 1 is 1.07 bits per heavy atom. The largest absolute Gasteiger partial charge is 0.493 e. The van der Waals surface area contributed by atoms with Crippen LogP contribution in [0, 0.1) is 5.82 Å². The average Bonchev–Trinajstić information content (AvgIpc) is 3.32. The molecule has 0 bridgehead atoms. The van der Waals surface area contributed by atoms with Gasteiger partial charge in [-0.15, -0.1) is 0 Å². The highest BCUT2D eigenvalue weighted by atomic mass is 19.1. The van der Waals surface area contributed by atoms with Gasteiger partial charge in [0.2, 0.25) is 0 Å². The third-order valence-electron chi connectivity index (χ3n) is 4.68. The van der Waals surface area contributed by atoms with Crippen molar-refractivity contribution in [1.82, 2.24) is 4.57 Å². The fourth-order valence-corrected chi connectivity index (χ4v) is 3.24. The Balaban J connectivity index is 1.68. The number of hydrogen-bond acceptors (Lipinski definition) is 4. The second-order valence-electron chi connectivity index (χ2n) is 6.40. The number of halogens is 1. The molecule has 0 aliphatic rings. The molecule has 2 heterocycles. The highest BCUT2D eigenvalue weighted by Crippen LogP contribution is 2.30. The molecule has 0 saturated carbocycles. The van der Waals surface area contributed by atoms with Gasteiger partial charge in [-0.1, -0.05) is 18.2 Å². The molecule has 4 rings (SSSR count). The lowest BCUT2D eigenvalue weighted by atomic mass is 10.2. The summed E-state index contributed by atoms with van der Waals surface area (Å²) in [6.07, 6.45) is 1.54. The maximum absolute atomic E-state index is 14.2. The van der Waals surface area contributed by atoms with Gasteiger partial charge in [0.1, 0.15) is 11.5 Å². The number of nitrogens with zero attached hydrogens (tertiary/aromatic N) is 1. The van der Waals surface area contributed by atoms with Crippen molar-refractivity contribution in [2.24, 2.45) is 0 Å². The van der Waals surface area contributed by atoms with E-state index in [2.05, 4.69) is 5.32 Å². The average molecular weight is 394 g/mol. The van der Waals surface area contributed by atoms with Crippen LogP contribution < -0.4 is 14.8 Å². The fraction of sp³-hybridized carbons (Fsp3) is 0.136. The number of carbonyl (C=O) groups excluding carboxylic acids is 1. The number of carbonyl (C=O) groups is 1. The molecular formula is C22H19FN2O4. The van der Waals surface area contributed by atoms with E-state index in [1.54, 1.807) is 66.5 Å². The van der Waals surface area contributed by atoms with Crippen molar-refractivity contribution in [3.8, 4) is 11.5 Å². The van der Waals surface area contributed by atoms with Crippen molar-refractivity contribution < 1.29 is 23.1 Å². The van der Waals surface area contributed by atoms with Crippen LogP contribution in [0.15, 0.2) is 65.3 Å². The summed E-state index contributed by atoms with van der Waals surface area (Å²) in [4.78, 5) is 13.0. The van der Waals surface area contributed by atoms with Crippen LogP contribution in [0.25, 0.3) is 11.1 Å². The van der Waals surface area contributed by atoms with Gasteiger partial charge >= 0.3 is 0 Å². The SMILES string of the molecule is COc1ccc(NC(=O)c2cc3occc3n2Cc2ccccc2F)cc1OC. The van der Waals surface area contributed by atoms with Crippen molar-refractivity contribution in [2.45, 2.75) is 6.54 Å². The number of hydrogen-bond donors (Lipinski definition) is 1. The quantitative estimate of drug-likeness (QED) is 0.515.